The van der Waals surface area contributed by atoms with E-state index in [4.69, 9.17) is 9.26 Å². The SMILES string of the molecule is CCC(C)OP(=O)(O)C(F)(F)c1ccc(CC(NC(=O)OC(C)(C)C)C(=O)NCCCCc2ccccc2)cc1. The number of halogens is 2. The molecule has 0 radical (unpaired) electrons. The van der Waals surface area contributed by atoms with E-state index in [1.807, 2.05) is 30.3 Å². The summed E-state index contributed by atoms with van der Waals surface area (Å²) in [4.78, 5) is 35.3. The van der Waals surface area contributed by atoms with Crippen molar-refractivity contribution in [1.82, 2.24) is 10.6 Å². The smallest absolute Gasteiger partial charge is 0.408 e. The molecule has 0 bridgehead atoms. The Hall–Kier alpha value is -2.81. The molecule has 222 valence electrons. The van der Waals surface area contributed by atoms with Crippen LogP contribution in [0.15, 0.2) is 54.6 Å². The quantitative estimate of drug-likeness (QED) is 0.178. The molecule has 2 aromatic rings. The van der Waals surface area contributed by atoms with Gasteiger partial charge >= 0.3 is 19.4 Å². The molecule has 2 amide bonds. The van der Waals surface area contributed by atoms with E-state index in [2.05, 4.69) is 10.6 Å². The lowest BCUT2D eigenvalue weighted by Crippen LogP contribution is -2.49. The van der Waals surface area contributed by atoms with Gasteiger partial charge in [-0.2, -0.15) is 8.78 Å². The Balaban J connectivity index is 2.08. The highest BCUT2D eigenvalue weighted by molar-refractivity contribution is 7.53. The Morgan fingerprint density at radius 2 is 1.62 bits per heavy atom. The van der Waals surface area contributed by atoms with Crippen molar-refractivity contribution in [3.05, 3.63) is 71.3 Å². The third-order valence-corrected chi connectivity index (χ3v) is 7.65. The third-order valence-electron chi connectivity index (χ3n) is 6.04. The zero-order valence-corrected chi connectivity index (χ0v) is 24.7. The van der Waals surface area contributed by atoms with E-state index in [1.54, 1.807) is 27.7 Å². The minimum atomic E-state index is -5.30. The van der Waals surface area contributed by atoms with Crippen LogP contribution in [0, 0.1) is 0 Å². The molecule has 3 unspecified atom stereocenters. The fourth-order valence-corrected chi connectivity index (χ4v) is 4.96. The Kier molecular flexibility index (Phi) is 12.3. The average molecular weight is 583 g/mol. The van der Waals surface area contributed by atoms with Crippen LogP contribution >= 0.6 is 7.60 Å². The number of rotatable bonds is 14. The van der Waals surface area contributed by atoms with E-state index >= 15 is 0 Å². The van der Waals surface area contributed by atoms with Gasteiger partial charge in [0.05, 0.1) is 6.10 Å². The second-order valence-corrected chi connectivity index (χ2v) is 12.5. The highest BCUT2D eigenvalue weighted by Crippen LogP contribution is 2.63. The normalized spacial score (nSPS) is 15.0. The number of benzene rings is 2. The molecule has 2 aromatic carbocycles. The van der Waals surface area contributed by atoms with Crippen molar-refractivity contribution in [2.75, 3.05) is 6.54 Å². The highest BCUT2D eigenvalue weighted by Gasteiger charge is 2.53. The van der Waals surface area contributed by atoms with Crippen molar-refractivity contribution in [2.45, 2.75) is 90.1 Å². The zero-order valence-electron chi connectivity index (χ0n) is 23.8. The first-order valence-corrected chi connectivity index (χ1v) is 15.0. The van der Waals surface area contributed by atoms with Crippen LogP contribution in [0.25, 0.3) is 0 Å². The summed E-state index contributed by atoms with van der Waals surface area (Å²) in [6.45, 7) is 8.56. The van der Waals surface area contributed by atoms with Crippen molar-refractivity contribution >= 4 is 19.6 Å². The standard InChI is InChI=1S/C29H41F2N2O6P/c1-6-21(2)39-40(36,37)29(30,31)24-17-15-23(16-18-24)20-25(33-27(35)38-28(3,4)5)26(34)32-19-11-10-14-22-12-8-7-9-13-22/h7-9,12-13,15-18,21,25H,6,10-11,14,19-20H2,1-5H3,(H,32,34)(H,33,35)(H,36,37). The lowest BCUT2D eigenvalue weighted by atomic mass is 10.0. The molecule has 0 aliphatic carbocycles. The number of carbonyl (C=O) groups is 2. The Morgan fingerprint density at radius 1 is 1.00 bits per heavy atom. The van der Waals surface area contributed by atoms with Crippen molar-refractivity contribution in [1.29, 1.82) is 0 Å². The van der Waals surface area contributed by atoms with Crippen LogP contribution in [-0.4, -0.2) is 41.2 Å². The van der Waals surface area contributed by atoms with Gasteiger partial charge in [-0.15, -0.1) is 0 Å². The summed E-state index contributed by atoms with van der Waals surface area (Å²) in [5, 5.41) is 5.38. The number of alkyl halides is 2. The van der Waals surface area contributed by atoms with Gasteiger partial charge < -0.3 is 24.8 Å². The minimum absolute atomic E-state index is 0.0128. The maximum atomic E-state index is 14.8. The molecule has 3 atom stereocenters. The number of hydrogen-bond acceptors (Lipinski definition) is 5. The van der Waals surface area contributed by atoms with Crippen molar-refractivity contribution in [3.63, 3.8) is 0 Å². The minimum Gasteiger partial charge on any atom is -0.444 e. The van der Waals surface area contributed by atoms with Gasteiger partial charge in [0.15, 0.2) is 0 Å². The molecule has 3 N–H and O–H groups in total. The monoisotopic (exact) mass is 582 g/mol. The van der Waals surface area contributed by atoms with Gasteiger partial charge in [-0.3, -0.25) is 9.36 Å². The van der Waals surface area contributed by atoms with E-state index < -0.39 is 48.6 Å². The van der Waals surface area contributed by atoms with Crippen molar-refractivity contribution in [3.8, 4) is 0 Å². The van der Waals surface area contributed by atoms with Crippen LogP contribution < -0.4 is 10.6 Å². The van der Waals surface area contributed by atoms with Gasteiger partial charge in [-0.25, -0.2) is 4.79 Å². The Bertz CT molecular complexity index is 1140. The molecule has 11 heteroatoms. The second kappa shape index (κ2) is 14.7. The van der Waals surface area contributed by atoms with Gasteiger partial charge in [-0.05, 0) is 64.5 Å². The van der Waals surface area contributed by atoms with Crippen LogP contribution in [0.1, 0.15) is 70.6 Å². The number of alkyl carbamates (subject to hydrolysis) is 1. The van der Waals surface area contributed by atoms with Crippen LogP contribution in [0.3, 0.4) is 0 Å². The molecule has 0 aromatic heterocycles. The summed E-state index contributed by atoms with van der Waals surface area (Å²) >= 11 is 0. The van der Waals surface area contributed by atoms with Gasteiger partial charge in [0.1, 0.15) is 11.6 Å². The molecule has 0 fully saturated rings. The topological polar surface area (TPSA) is 114 Å². The predicted octanol–water partition coefficient (Wildman–Crippen LogP) is 6.31. The van der Waals surface area contributed by atoms with Crippen LogP contribution in [0.4, 0.5) is 13.6 Å². The van der Waals surface area contributed by atoms with E-state index in [1.165, 1.54) is 24.6 Å². The zero-order chi connectivity index (χ0) is 30.0. The highest BCUT2D eigenvalue weighted by atomic mass is 31.2. The number of ether oxygens (including phenoxy) is 1. The Labute approximate surface area is 235 Å². The summed E-state index contributed by atoms with van der Waals surface area (Å²) < 4.78 is 52.0. The fourth-order valence-electron chi connectivity index (χ4n) is 3.72. The van der Waals surface area contributed by atoms with Crippen molar-refractivity contribution < 1.29 is 37.1 Å². The summed E-state index contributed by atoms with van der Waals surface area (Å²) in [6.07, 6.45) is 1.13. The van der Waals surface area contributed by atoms with E-state index in [0.29, 0.717) is 18.5 Å². The molecule has 40 heavy (non-hydrogen) atoms. The van der Waals surface area contributed by atoms with Gasteiger partial charge in [-0.1, -0.05) is 61.5 Å². The fraction of sp³-hybridized carbons (Fsp3) is 0.517. The summed E-state index contributed by atoms with van der Waals surface area (Å²) in [5.41, 5.74) is -3.94. The number of aryl methyl sites for hydroxylation is 1. The first kappa shape index (κ1) is 33.4. The second-order valence-electron chi connectivity index (χ2n) is 10.7. The molecular weight excluding hydrogens is 541 g/mol. The molecule has 2 rings (SSSR count). The predicted molar refractivity (Wildman–Crippen MR) is 150 cm³/mol. The first-order valence-electron chi connectivity index (χ1n) is 13.4. The molecule has 0 aliphatic rings. The largest absolute Gasteiger partial charge is 0.444 e. The number of unbranched alkanes of at least 4 members (excludes halogenated alkanes) is 1. The van der Waals surface area contributed by atoms with E-state index in [9.17, 15) is 27.8 Å². The maximum absolute atomic E-state index is 14.8. The van der Waals surface area contributed by atoms with Crippen LogP contribution in [0.5, 0.6) is 0 Å². The van der Waals surface area contributed by atoms with E-state index in [-0.39, 0.29) is 6.42 Å². The average Bonchev–Trinajstić information content (AvgIpc) is 2.87. The van der Waals surface area contributed by atoms with Crippen LogP contribution in [-0.2, 0) is 37.1 Å². The lowest BCUT2D eigenvalue weighted by Gasteiger charge is -2.25. The summed E-state index contributed by atoms with van der Waals surface area (Å²) in [5.74, 6) is -0.443. The lowest BCUT2D eigenvalue weighted by molar-refractivity contribution is -0.123. The van der Waals surface area contributed by atoms with E-state index in [0.717, 1.165) is 31.4 Å². The van der Waals surface area contributed by atoms with Crippen LogP contribution in [0.2, 0.25) is 0 Å². The molecule has 0 heterocycles. The maximum Gasteiger partial charge on any atom is 0.408 e. The van der Waals surface area contributed by atoms with Crippen molar-refractivity contribution in [2.24, 2.45) is 0 Å². The van der Waals surface area contributed by atoms with Gasteiger partial charge in [0, 0.05) is 18.5 Å². The molecule has 0 spiro atoms. The number of hydrogen-bond donors (Lipinski definition) is 3. The number of carbonyl (C=O) groups excluding carboxylic acids is 2. The summed E-state index contributed by atoms with van der Waals surface area (Å²) in [6, 6.07) is 13.6. The molecule has 0 saturated carbocycles. The molecule has 0 saturated heterocycles. The first-order chi connectivity index (χ1) is 18.6. The summed E-state index contributed by atoms with van der Waals surface area (Å²) in [7, 11) is -5.30. The Morgan fingerprint density at radius 3 is 2.20 bits per heavy atom. The van der Waals surface area contributed by atoms with Gasteiger partial charge in [0.25, 0.3) is 0 Å². The molecule has 8 nitrogen and oxygen atoms in total. The third kappa shape index (κ3) is 10.6. The number of amides is 2. The number of nitrogens with one attached hydrogen (secondary N) is 2. The molecule has 0 aliphatic heterocycles. The molecular formula is C29H41F2N2O6P. The van der Waals surface area contributed by atoms with Gasteiger partial charge in [0.2, 0.25) is 5.91 Å².